The number of carbonyl (C=O) groups is 1. The zero-order valence-corrected chi connectivity index (χ0v) is 16.1. The molecule has 1 aliphatic rings. The van der Waals surface area contributed by atoms with Gasteiger partial charge in [0.1, 0.15) is 5.82 Å². The lowest BCUT2D eigenvalue weighted by molar-refractivity contribution is 0.0930. The Balaban J connectivity index is 1.44. The number of para-hydroxylation sites is 2. The van der Waals surface area contributed by atoms with Crippen LogP contribution in [0, 0.1) is 5.82 Å². The highest BCUT2D eigenvalue weighted by Crippen LogP contribution is 2.25. The molecule has 0 bridgehead atoms. The van der Waals surface area contributed by atoms with E-state index in [0.29, 0.717) is 5.56 Å². The van der Waals surface area contributed by atoms with Crippen LogP contribution in [0.5, 0.6) is 0 Å². The van der Waals surface area contributed by atoms with Crippen LogP contribution >= 0.6 is 0 Å². The van der Waals surface area contributed by atoms with E-state index in [2.05, 4.69) is 33.8 Å². The van der Waals surface area contributed by atoms with Gasteiger partial charge in [0.15, 0.2) is 0 Å². The van der Waals surface area contributed by atoms with Gasteiger partial charge in [0.05, 0.1) is 11.0 Å². The van der Waals surface area contributed by atoms with Gasteiger partial charge in [0, 0.05) is 31.2 Å². The van der Waals surface area contributed by atoms with Crippen molar-refractivity contribution in [1.82, 2.24) is 14.9 Å². The van der Waals surface area contributed by atoms with Gasteiger partial charge in [-0.1, -0.05) is 25.1 Å². The Morgan fingerprint density at radius 2 is 1.96 bits per heavy atom. The summed E-state index contributed by atoms with van der Waals surface area (Å²) in [5.41, 5.74) is 2.56. The molecular formula is C22H25FN4O. The number of halogens is 1. The minimum absolute atomic E-state index is 0.0935. The number of fused-ring (bicyclic) bond motifs is 1. The highest BCUT2D eigenvalue weighted by atomic mass is 19.1. The molecular weight excluding hydrogens is 355 g/mol. The molecule has 0 unspecified atom stereocenters. The normalized spacial score (nSPS) is 15.1. The molecule has 1 amide bonds. The summed E-state index contributed by atoms with van der Waals surface area (Å²) in [6.07, 6.45) is 2.74. The number of anilines is 1. The Labute approximate surface area is 164 Å². The molecule has 28 heavy (non-hydrogen) atoms. The molecule has 0 aliphatic carbocycles. The summed E-state index contributed by atoms with van der Waals surface area (Å²) < 4.78 is 15.6. The number of aromatic nitrogens is 2. The molecule has 1 aliphatic heterocycles. The van der Waals surface area contributed by atoms with Crippen molar-refractivity contribution in [3.05, 3.63) is 59.9 Å². The Morgan fingerprint density at radius 1 is 1.18 bits per heavy atom. The third-order valence-corrected chi connectivity index (χ3v) is 5.28. The fourth-order valence-corrected chi connectivity index (χ4v) is 3.87. The number of hydrogen-bond donors (Lipinski definition) is 1. The number of piperidine rings is 1. The first kappa shape index (κ1) is 18.5. The van der Waals surface area contributed by atoms with E-state index in [0.717, 1.165) is 50.4 Å². The standard InChI is InChI=1S/C22H25FN4O/c1-2-12-27-20-9-4-3-8-19(20)25-22(27)26-13-10-18(11-14-26)24-21(28)16-6-5-7-17(23)15-16/h3-9,15,18H,2,10-14H2,1H3,(H,24,28). The first-order valence-corrected chi connectivity index (χ1v) is 9.92. The summed E-state index contributed by atoms with van der Waals surface area (Å²) in [7, 11) is 0. The van der Waals surface area contributed by atoms with Crippen LogP contribution in [-0.4, -0.2) is 34.6 Å². The third-order valence-electron chi connectivity index (χ3n) is 5.28. The van der Waals surface area contributed by atoms with Crippen LogP contribution in [0.25, 0.3) is 11.0 Å². The highest BCUT2D eigenvalue weighted by molar-refractivity contribution is 5.94. The Bertz CT molecular complexity index is 976. The summed E-state index contributed by atoms with van der Waals surface area (Å²) in [6, 6.07) is 14.2. The molecule has 2 heterocycles. The van der Waals surface area contributed by atoms with Gasteiger partial charge in [-0.2, -0.15) is 0 Å². The van der Waals surface area contributed by atoms with Gasteiger partial charge in [-0.05, 0) is 49.6 Å². The van der Waals surface area contributed by atoms with Gasteiger partial charge in [-0.15, -0.1) is 0 Å². The molecule has 4 rings (SSSR count). The Morgan fingerprint density at radius 3 is 2.71 bits per heavy atom. The van der Waals surface area contributed by atoms with Crippen molar-refractivity contribution in [2.75, 3.05) is 18.0 Å². The van der Waals surface area contributed by atoms with Gasteiger partial charge < -0.3 is 14.8 Å². The molecule has 1 N–H and O–H groups in total. The van der Waals surface area contributed by atoms with Crippen LogP contribution in [0.3, 0.4) is 0 Å². The quantitative estimate of drug-likeness (QED) is 0.728. The second-order valence-electron chi connectivity index (χ2n) is 7.30. The number of nitrogens with zero attached hydrogens (tertiary/aromatic N) is 3. The molecule has 0 atom stereocenters. The molecule has 146 valence electrons. The number of benzene rings is 2. The average molecular weight is 380 g/mol. The van der Waals surface area contributed by atoms with Crippen molar-refractivity contribution in [3.63, 3.8) is 0 Å². The molecule has 0 saturated carbocycles. The number of hydrogen-bond acceptors (Lipinski definition) is 3. The predicted octanol–water partition coefficient (Wildman–Crippen LogP) is 3.98. The summed E-state index contributed by atoms with van der Waals surface area (Å²) in [6.45, 7) is 4.78. The first-order valence-electron chi connectivity index (χ1n) is 9.92. The molecule has 1 saturated heterocycles. The van der Waals surface area contributed by atoms with Crippen LogP contribution in [0.15, 0.2) is 48.5 Å². The van der Waals surface area contributed by atoms with Gasteiger partial charge in [-0.25, -0.2) is 9.37 Å². The summed E-state index contributed by atoms with van der Waals surface area (Å²) in [5.74, 6) is 0.409. The zero-order chi connectivity index (χ0) is 19.5. The van der Waals surface area contributed by atoms with E-state index in [1.165, 1.54) is 17.6 Å². The number of imidazole rings is 1. The largest absolute Gasteiger partial charge is 0.349 e. The van der Waals surface area contributed by atoms with Crippen molar-refractivity contribution in [3.8, 4) is 0 Å². The topological polar surface area (TPSA) is 50.2 Å². The lowest BCUT2D eigenvalue weighted by atomic mass is 10.0. The molecule has 0 spiro atoms. The Hall–Kier alpha value is -2.89. The second-order valence-corrected chi connectivity index (χ2v) is 7.30. The van der Waals surface area contributed by atoms with Gasteiger partial charge in [0.2, 0.25) is 5.95 Å². The SMILES string of the molecule is CCCn1c(N2CCC(NC(=O)c3cccc(F)c3)CC2)nc2ccccc21. The highest BCUT2D eigenvalue weighted by Gasteiger charge is 2.24. The lowest BCUT2D eigenvalue weighted by Gasteiger charge is -2.33. The van der Waals surface area contributed by atoms with Crippen LogP contribution in [0.1, 0.15) is 36.5 Å². The predicted molar refractivity (Wildman–Crippen MR) is 109 cm³/mol. The maximum Gasteiger partial charge on any atom is 0.251 e. The van der Waals surface area contributed by atoms with E-state index in [1.54, 1.807) is 12.1 Å². The minimum atomic E-state index is -0.391. The fraction of sp³-hybridized carbons (Fsp3) is 0.364. The van der Waals surface area contributed by atoms with E-state index < -0.39 is 5.82 Å². The minimum Gasteiger partial charge on any atom is -0.349 e. The first-order chi connectivity index (χ1) is 13.7. The van der Waals surface area contributed by atoms with Crippen molar-refractivity contribution in [1.29, 1.82) is 0 Å². The van der Waals surface area contributed by atoms with Gasteiger partial charge >= 0.3 is 0 Å². The molecule has 3 aromatic rings. The van der Waals surface area contributed by atoms with Gasteiger partial charge in [-0.3, -0.25) is 4.79 Å². The summed E-state index contributed by atoms with van der Waals surface area (Å²) >= 11 is 0. The number of nitrogens with one attached hydrogen (secondary N) is 1. The molecule has 5 nitrogen and oxygen atoms in total. The van der Waals surface area contributed by atoms with Crippen LogP contribution in [-0.2, 0) is 6.54 Å². The van der Waals surface area contributed by atoms with E-state index in [4.69, 9.17) is 4.98 Å². The van der Waals surface area contributed by atoms with E-state index in [1.807, 2.05) is 12.1 Å². The Kier molecular flexibility index (Phi) is 5.28. The summed E-state index contributed by atoms with van der Waals surface area (Å²) in [4.78, 5) is 19.5. The molecule has 1 aromatic heterocycles. The number of amides is 1. The fourth-order valence-electron chi connectivity index (χ4n) is 3.87. The van der Waals surface area contributed by atoms with Crippen LogP contribution in [0.2, 0.25) is 0 Å². The van der Waals surface area contributed by atoms with Crippen LogP contribution < -0.4 is 10.2 Å². The second kappa shape index (κ2) is 8.00. The van der Waals surface area contributed by atoms with E-state index in [-0.39, 0.29) is 11.9 Å². The van der Waals surface area contributed by atoms with Crippen molar-refractivity contribution < 1.29 is 9.18 Å². The lowest BCUT2D eigenvalue weighted by Crippen LogP contribution is -2.45. The van der Waals surface area contributed by atoms with Crippen molar-refractivity contribution in [2.24, 2.45) is 0 Å². The zero-order valence-electron chi connectivity index (χ0n) is 16.1. The monoisotopic (exact) mass is 380 g/mol. The average Bonchev–Trinajstić information content (AvgIpc) is 3.07. The summed E-state index contributed by atoms with van der Waals surface area (Å²) in [5, 5.41) is 3.04. The van der Waals surface area contributed by atoms with E-state index in [9.17, 15) is 9.18 Å². The number of rotatable bonds is 5. The molecule has 0 radical (unpaired) electrons. The smallest absolute Gasteiger partial charge is 0.251 e. The number of carbonyl (C=O) groups excluding carboxylic acids is 1. The molecule has 2 aromatic carbocycles. The molecule has 6 heteroatoms. The number of aryl methyl sites for hydroxylation is 1. The van der Waals surface area contributed by atoms with Crippen LogP contribution in [0.4, 0.5) is 10.3 Å². The maximum absolute atomic E-state index is 13.3. The van der Waals surface area contributed by atoms with Gasteiger partial charge in [0.25, 0.3) is 5.91 Å². The third kappa shape index (κ3) is 3.72. The molecule has 1 fully saturated rings. The van der Waals surface area contributed by atoms with E-state index >= 15 is 0 Å². The van der Waals surface area contributed by atoms with Crippen molar-refractivity contribution in [2.45, 2.75) is 38.8 Å². The van der Waals surface area contributed by atoms with Crippen molar-refractivity contribution >= 4 is 22.9 Å². The maximum atomic E-state index is 13.3.